The molecule has 0 radical (unpaired) electrons. The third kappa shape index (κ3) is 4.51. The molecule has 146 valence electrons. The third-order valence-electron chi connectivity index (χ3n) is 4.07. The molecule has 2 N–H and O–H groups in total. The predicted molar refractivity (Wildman–Crippen MR) is 99.0 cm³/mol. The van der Waals surface area contributed by atoms with Crippen LogP contribution < -0.4 is 10.1 Å². The molecule has 0 aliphatic carbocycles. The van der Waals surface area contributed by atoms with Crippen LogP contribution in [0.1, 0.15) is 18.2 Å². The van der Waals surface area contributed by atoms with Crippen molar-refractivity contribution in [3.05, 3.63) is 65.9 Å². The van der Waals surface area contributed by atoms with E-state index >= 15 is 0 Å². The van der Waals surface area contributed by atoms with Crippen LogP contribution in [-0.4, -0.2) is 22.7 Å². The number of aryl methyl sites for hydroxylation is 1. The van der Waals surface area contributed by atoms with Crippen molar-refractivity contribution < 1.29 is 22.7 Å². The van der Waals surface area contributed by atoms with Gasteiger partial charge in [0, 0.05) is 0 Å². The van der Waals surface area contributed by atoms with E-state index in [4.69, 9.17) is 4.74 Å². The standard InChI is InChI=1S/C20H18F3N3O2/c1-2-13-8-10-15(11-9-13)28-12-16(27)24-19-17(14-6-4-3-5-7-14)18(25-26-19)20(21,22)23/h3-11H,2,12H2,1H3,(H2,24,25,26,27). The van der Waals surface area contributed by atoms with Gasteiger partial charge in [-0.3, -0.25) is 9.89 Å². The topological polar surface area (TPSA) is 67.0 Å². The Morgan fingerprint density at radius 1 is 1.11 bits per heavy atom. The number of anilines is 1. The van der Waals surface area contributed by atoms with E-state index in [-0.39, 0.29) is 23.6 Å². The van der Waals surface area contributed by atoms with Crippen LogP contribution in [0.3, 0.4) is 0 Å². The Kier molecular flexibility index (Phi) is 5.67. The number of rotatable bonds is 6. The molecular formula is C20H18F3N3O2. The number of hydrogen-bond donors (Lipinski definition) is 2. The molecule has 0 saturated heterocycles. The number of nitrogens with one attached hydrogen (secondary N) is 2. The van der Waals surface area contributed by atoms with E-state index in [1.165, 1.54) is 12.1 Å². The molecule has 28 heavy (non-hydrogen) atoms. The van der Waals surface area contributed by atoms with Crippen molar-refractivity contribution in [2.75, 3.05) is 11.9 Å². The van der Waals surface area contributed by atoms with E-state index < -0.39 is 17.8 Å². The second kappa shape index (κ2) is 8.16. The summed E-state index contributed by atoms with van der Waals surface area (Å²) in [7, 11) is 0. The maximum atomic E-state index is 13.3. The van der Waals surface area contributed by atoms with E-state index in [1.807, 2.05) is 24.2 Å². The number of hydrogen-bond acceptors (Lipinski definition) is 3. The van der Waals surface area contributed by atoms with Crippen molar-refractivity contribution in [1.29, 1.82) is 0 Å². The minimum absolute atomic E-state index is 0.201. The first-order valence-corrected chi connectivity index (χ1v) is 8.61. The van der Waals surface area contributed by atoms with Crippen LogP contribution in [-0.2, 0) is 17.4 Å². The first-order chi connectivity index (χ1) is 13.4. The highest BCUT2D eigenvalue weighted by Crippen LogP contribution is 2.39. The number of carbonyl (C=O) groups is 1. The second-order valence-electron chi connectivity index (χ2n) is 6.02. The summed E-state index contributed by atoms with van der Waals surface area (Å²) in [5, 5.41) is 8.01. The summed E-state index contributed by atoms with van der Waals surface area (Å²) in [6.45, 7) is 1.67. The molecular weight excluding hydrogens is 371 g/mol. The van der Waals surface area contributed by atoms with Gasteiger partial charge in [-0.1, -0.05) is 49.4 Å². The summed E-state index contributed by atoms with van der Waals surface area (Å²) in [4.78, 5) is 12.2. The highest BCUT2D eigenvalue weighted by molar-refractivity contribution is 5.95. The minimum Gasteiger partial charge on any atom is -0.484 e. The number of alkyl halides is 3. The van der Waals surface area contributed by atoms with E-state index in [9.17, 15) is 18.0 Å². The largest absolute Gasteiger partial charge is 0.484 e. The summed E-state index contributed by atoms with van der Waals surface area (Å²) >= 11 is 0. The monoisotopic (exact) mass is 389 g/mol. The lowest BCUT2D eigenvalue weighted by Crippen LogP contribution is -2.21. The average molecular weight is 389 g/mol. The fourth-order valence-electron chi connectivity index (χ4n) is 2.66. The predicted octanol–water partition coefficient (Wildman–Crippen LogP) is 4.68. The number of H-pyrrole nitrogens is 1. The molecule has 0 saturated carbocycles. The van der Waals surface area contributed by atoms with Gasteiger partial charge in [0.2, 0.25) is 0 Å². The van der Waals surface area contributed by atoms with Gasteiger partial charge < -0.3 is 10.1 Å². The van der Waals surface area contributed by atoms with Crippen molar-refractivity contribution >= 4 is 11.7 Å². The molecule has 0 bridgehead atoms. The Bertz CT molecular complexity index is 936. The van der Waals surface area contributed by atoms with Gasteiger partial charge in [0.15, 0.2) is 12.4 Å². The Balaban J connectivity index is 1.76. The lowest BCUT2D eigenvalue weighted by Gasteiger charge is -2.10. The molecule has 3 aromatic rings. The SMILES string of the molecule is CCc1ccc(OCC(=O)Nc2n[nH]c(C(F)(F)F)c2-c2ccccc2)cc1. The number of ether oxygens (including phenoxy) is 1. The zero-order chi connectivity index (χ0) is 20.1. The molecule has 0 aliphatic heterocycles. The molecule has 0 fully saturated rings. The Hall–Kier alpha value is -3.29. The number of nitrogens with zero attached hydrogens (tertiary/aromatic N) is 1. The molecule has 8 heteroatoms. The van der Waals surface area contributed by atoms with Gasteiger partial charge in [-0.15, -0.1) is 0 Å². The first kappa shape index (κ1) is 19.5. The van der Waals surface area contributed by atoms with Crippen LogP contribution in [0.5, 0.6) is 5.75 Å². The fourth-order valence-corrected chi connectivity index (χ4v) is 2.66. The van der Waals surface area contributed by atoms with Crippen molar-refractivity contribution in [3.8, 4) is 16.9 Å². The molecule has 0 spiro atoms. The molecule has 5 nitrogen and oxygen atoms in total. The molecule has 0 atom stereocenters. The van der Waals surface area contributed by atoms with Gasteiger partial charge >= 0.3 is 6.18 Å². The molecule has 0 aliphatic rings. The average Bonchev–Trinajstić information content (AvgIpc) is 3.11. The maximum Gasteiger partial charge on any atom is 0.433 e. The van der Waals surface area contributed by atoms with Crippen molar-refractivity contribution in [2.24, 2.45) is 0 Å². The second-order valence-corrected chi connectivity index (χ2v) is 6.02. The Morgan fingerprint density at radius 3 is 2.39 bits per heavy atom. The van der Waals surface area contributed by atoms with E-state index in [0.29, 0.717) is 5.75 Å². The smallest absolute Gasteiger partial charge is 0.433 e. The van der Waals surface area contributed by atoms with E-state index in [1.54, 1.807) is 30.3 Å². The number of benzene rings is 2. The molecule has 0 unspecified atom stereocenters. The van der Waals surface area contributed by atoms with Crippen LogP contribution in [0, 0.1) is 0 Å². The number of halogens is 3. The van der Waals surface area contributed by atoms with Crippen LogP contribution >= 0.6 is 0 Å². The maximum absolute atomic E-state index is 13.3. The molecule has 2 aromatic carbocycles. The summed E-state index contributed by atoms with van der Waals surface area (Å²) < 4.78 is 45.3. The van der Waals surface area contributed by atoms with E-state index in [0.717, 1.165) is 12.0 Å². The normalized spacial score (nSPS) is 11.3. The van der Waals surface area contributed by atoms with Crippen molar-refractivity contribution in [2.45, 2.75) is 19.5 Å². The van der Waals surface area contributed by atoms with Crippen LogP contribution in [0.15, 0.2) is 54.6 Å². The van der Waals surface area contributed by atoms with Crippen LogP contribution in [0.4, 0.5) is 19.0 Å². The van der Waals surface area contributed by atoms with Crippen molar-refractivity contribution in [3.63, 3.8) is 0 Å². The van der Waals surface area contributed by atoms with Crippen molar-refractivity contribution in [1.82, 2.24) is 10.2 Å². The highest BCUT2D eigenvalue weighted by Gasteiger charge is 2.38. The zero-order valence-corrected chi connectivity index (χ0v) is 15.0. The Labute approximate surface area is 159 Å². The molecule has 1 aromatic heterocycles. The van der Waals surface area contributed by atoms with Crippen LogP contribution in [0.25, 0.3) is 11.1 Å². The lowest BCUT2D eigenvalue weighted by atomic mass is 10.1. The van der Waals surface area contributed by atoms with Gasteiger partial charge in [0.05, 0.1) is 5.56 Å². The first-order valence-electron chi connectivity index (χ1n) is 8.61. The molecule has 3 rings (SSSR count). The van der Waals surface area contributed by atoms with Gasteiger partial charge in [0.25, 0.3) is 5.91 Å². The lowest BCUT2D eigenvalue weighted by molar-refractivity contribution is -0.140. The van der Waals surface area contributed by atoms with Gasteiger partial charge in [-0.25, -0.2) is 0 Å². The van der Waals surface area contributed by atoms with Crippen LogP contribution in [0.2, 0.25) is 0 Å². The van der Waals surface area contributed by atoms with Gasteiger partial charge in [0.1, 0.15) is 11.4 Å². The number of carbonyl (C=O) groups excluding carboxylic acids is 1. The summed E-state index contributed by atoms with van der Waals surface area (Å²) in [5.74, 6) is -0.320. The fraction of sp³-hybridized carbons (Fsp3) is 0.200. The van der Waals surface area contributed by atoms with Gasteiger partial charge in [-0.2, -0.15) is 18.3 Å². The highest BCUT2D eigenvalue weighted by atomic mass is 19.4. The number of aromatic amines is 1. The third-order valence-corrected chi connectivity index (χ3v) is 4.07. The summed E-state index contributed by atoms with van der Waals surface area (Å²) in [6, 6.07) is 15.2. The summed E-state index contributed by atoms with van der Waals surface area (Å²) in [5.41, 5.74) is 0.175. The zero-order valence-electron chi connectivity index (χ0n) is 15.0. The summed E-state index contributed by atoms with van der Waals surface area (Å²) in [6.07, 6.45) is -3.76. The quantitative estimate of drug-likeness (QED) is 0.644. The molecule has 1 amide bonds. The number of amides is 1. The minimum atomic E-state index is -4.64. The Morgan fingerprint density at radius 2 is 1.79 bits per heavy atom. The number of aromatic nitrogens is 2. The van der Waals surface area contributed by atoms with E-state index in [2.05, 4.69) is 10.4 Å². The molecule has 1 heterocycles. The van der Waals surface area contributed by atoms with Gasteiger partial charge in [-0.05, 0) is 29.7 Å².